The summed E-state index contributed by atoms with van der Waals surface area (Å²) in [5.74, 6) is -0.552. The van der Waals surface area contributed by atoms with Crippen molar-refractivity contribution in [2.24, 2.45) is 0 Å². The number of hydrogen-bond donors (Lipinski definition) is 2. The summed E-state index contributed by atoms with van der Waals surface area (Å²) >= 11 is 0. The average Bonchev–Trinajstić information content (AvgIpc) is 3.04. The first-order chi connectivity index (χ1) is 12.0. The predicted molar refractivity (Wildman–Crippen MR) is 98.0 cm³/mol. The van der Waals surface area contributed by atoms with Crippen LogP contribution in [0.2, 0.25) is 0 Å². The molecule has 1 unspecified atom stereocenters. The Labute approximate surface area is 146 Å². The molecule has 1 heterocycles. The molecule has 0 bridgehead atoms. The summed E-state index contributed by atoms with van der Waals surface area (Å²) < 4.78 is 14.0. The fourth-order valence-corrected chi connectivity index (χ4v) is 3.00. The van der Waals surface area contributed by atoms with Crippen molar-refractivity contribution in [3.63, 3.8) is 0 Å². The van der Waals surface area contributed by atoms with Crippen molar-refractivity contribution >= 4 is 5.91 Å². The maximum atomic E-state index is 14.0. The first kappa shape index (κ1) is 17.0. The lowest BCUT2D eigenvalue weighted by atomic mass is 10.0. The van der Waals surface area contributed by atoms with Gasteiger partial charge in [-0.3, -0.25) is 4.79 Å². The van der Waals surface area contributed by atoms with Gasteiger partial charge in [-0.2, -0.15) is 0 Å². The topological polar surface area (TPSA) is 44.9 Å². The van der Waals surface area contributed by atoms with E-state index in [-0.39, 0.29) is 17.8 Å². The van der Waals surface area contributed by atoms with Crippen LogP contribution in [-0.4, -0.2) is 16.9 Å². The van der Waals surface area contributed by atoms with Gasteiger partial charge in [0.25, 0.3) is 5.91 Å². The Morgan fingerprint density at radius 1 is 1.12 bits per heavy atom. The van der Waals surface area contributed by atoms with Crippen LogP contribution in [0.3, 0.4) is 0 Å². The zero-order valence-corrected chi connectivity index (χ0v) is 14.3. The van der Waals surface area contributed by atoms with E-state index in [9.17, 15) is 9.18 Å². The molecule has 1 atom stereocenters. The number of carbonyl (C=O) groups is 1. The molecule has 2 N–H and O–H groups in total. The van der Waals surface area contributed by atoms with Crippen molar-refractivity contribution in [1.29, 1.82) is 0 Å². The van der Waals surface area contributed by atoms with Crippen molar-refractivity contribution in [2.45, 2.75) is 26.3 Å². The van der Waals surface area contributed by atoms with Gasteiger partial charge in [-0.05, 0) is 31.9 Å². The highest BCUT2D eigenvalue weighted by molar-refractivity contribution is 6.01. The average molecular weight is 336 g/mol. The number of nitrogens with one attached hydrogen (secondary N) is 2. The van der Waals surface area contributed by atoms with E-state index in [0.717, 1.165) is 6.42 Å². The molecular weight excluding hydrogens is 315 g/mol. The molecule has 1 aromatic heterocycles. The van der Waals surface area contributed by atoms with Gasteiger partial charge in [0.15, 0.2) is 0 Å². The van der Waals surface area contributed by atoms with E-state index in [1.165, 1.54) is 17.2 Å². The van der Waals surface area contributed by atoms with E-state index in [1.54, 1.807) is 30.6 Å². The standard InChI is InChI=1S/C21H21FN2O/c1-14-6-5-7-16(10-14)11-15(2)24-21(25)19-13-23-12-18(19)17-8-3-4-9-20(17)22/h3-10,12-13,15,23H,11H2,1-2H3,(H,24,25). The van der Waals surface area contributed by atoms with Crippen LogP contribution in [0.4, 0.5) is 4.39 Å². The van der Waals surface area contributed by atoms with E-state index >= 15 is 0 Å². The molecular formula is C21H21FN2O. The minimum absolute atomic E-state index is 0.0299. The van der Waals surface area contributed by atoms with Crippen LogP contribution in [0, 0.1) is 12.7 Å². The first-order valence-electron chi connectivity index (χ1n) is 8.32. The Kier molecular flexibility index (Phi) is 4.98. The van der Waals surface area contributed by atoms with Crippen LogP contribution in [0.15, 0.2) is 60.9 Å². The lowest BCUT2D eigenvalue weighted by Gasteiger charge is -2.15. The number of rotatable bonds is 5. The van der Waals surface area contributed by atoms with Crippen LogP contribution >= 0.6 is 0 Å². The Morgan fingerprint density at radius 3 is 2.68 bits per heavy atom. The van der Waals surface area contributed by atoms with E-state index in [2.05, 4.69) is 22.4 Å². The number of benzene rings is 2. The SMILES string of the molecule is Cc1cccc(CC(C)NC(=O)c2c[nH]cc2-c2ccccc2F)c1. The molecule has 0 radical (unpaired) electrons. The Bertz CT molecular complexity index is 885. The van der Waals surface area contributed by atoms with Crippen LogP contribution in [0.25, 0.3) is 11.1 Å². The summed E-state index contributed by atoms with van der Waals surface area (Å²) in [6.07, 6.45) is 4.00. The maximum absolute atomic E-state index is 14.0. The van der Waals surface area contributed by atoms with Crippen molar-refractivity contribution in [3.05, 3.63) is 83.4 Å². The number of aromatic amines is 1. The summed E-state index contributed by atoms with van der Waals surface area (Å²) in [5.41, 5.74) is 3.81. The number of aromatic nitrogens is 1. The smallest absolute Gasteiger partial charge is 0.253 e. The second-order valence-electron chi connectivity index (χ2n) is 6.33. The van der Waals surface area contributed by atoms with E-state index in [0.29, 0.717) is 16.7 Å². The molecule has 128 valence electrons. The molecule has 0 fully saturated rings. The second kappa shape index (κ2) is 7.34. The molecule has 0 saturated heterocycles. The molecule has 2 aromatic carbocycles. The van der Waals surface area contributed by atoms with Crippen LogP contribution in [0.1, 0.15) is 28.4 Å². The number of halogens is 1. The number of aryl methyl sites for hydroxylation is 1. The molecule has 3 aromatic rings. The maximum Gasteiger partial charge on any atom is 0.253 e. The van der Waals surface area contributed by atoms with Gasteiger partial charge >= 0.3 is 0 Å². The van der Waals surface area contributed by atoms with Gasteiger partial charge in [0, 0.05) is 29.6 Å². The number of H-pyrrole nitrogens is 1. The van der Waals surface area contributed by atoms with Gasteiger partial charge in [-0.1, -0.05) is 48.0 Å². The zero-order valence-electron chi connectivity index (χ0n) is 14.3. The molecule has 0 aliphatic carbocycles. The first-order valence-corrected chi connectivity index (χ1v) is 8.32. The van der Waals surface area contributed by atoms with E-state index < -0.39 is 0 Å². The van der Waals surface area contributed by atoms with Gasteiger partial charge in [-0.15, -0.1) is 0 Å². The molecule has 0 saturated carbocycles. The number of hydrogen-bond acceptors (Lipinski definition) is 1. The molecule has 1 amide bonds. The molecule has 4 heteroatoms. The highest BCUT2D eigenvalue weighted by Crippen LogP contribution is 2.26. The van der Waals surface area contributed by atoms with Gasteiger partial charge in [-0.25, -0.2) is 4.39 Å². The van der Waals surface area contributed by atoms with Crippen LogP contribution in [0.5, 0.6) is 0 Å². The molecule has 0 aliphatic heterocycles. The highest BCUT2D eigenvalue weighted by Gasteiger charge is 2.18. The highest BCUT2D eigenvalue weighted by atomic mass is 19.1. The monoisotopic (exact) mass is 336 g/mol. The zero-order chi connectivity index (χ0) is 17.8. The van der Waals surface area contributed by atoms with Crippen molar-refractivity contribution in [2.75, 3.05) is 0 Å². The third-order valence-electron chi connectivity index (χ3n) is 4.16. The fourth-order valence-electron chi connectivity index (χ4n) is 3.00. The second-order valence-corrected chi connectivity index (χ2v) is 6.33. The minimum atomic E-state index is -0.344. The van der Waals surface area contributed by atoms with E-state index in [1.807, 2.05) is 26.0 Å². The van der Waals surface area contributed by atoms with Gasteiger partial charge in [0.2, 0.25) is 0 Å². The minimum Gasteiger partial charge on any atom is -0.366 e. The lowest BCUT2D eigenvalue weighted by molar-refractivity contribution is 0.0941. The third-order valence-corrected chi connectivity index (χ3v) is 4.16. The molecule has 0 aliphatic rings. The third kappa shape index (κ3) is 3.97. The summed E-state index contributed by atoms with van der Waals surface area (Å²) in [6.45, 7) is 4.02. The van der Waals surface area contributed by atoms with Gasteiger partial charge in [0.1, 0.15) is 5.82 Å². The van der Waals surface area contributed by atoms with Crippen molar-refractivity contribution < 1.29 is 9.18 Å². The summed E-state index contributed by atoms with van der Waals surface area (Å²) in [6, 6.07) is 14.7. The number of carbonyl (C=O) groups excluding carboxylic acids is 1. The van der Waals surface area contributed by atoms with E-state index in [4.69, 9.17) is 0 Å². The lowest BCUT2D eigenvalue weighted by Crippen LogP contribution is -2.34. The number of amides is 1. The van der Waals surface area contributed by atoms with Crippen molar-refractivity contribution in [3.8, 4) is 11.1 Å². The Morgan fingerprint density at radius 2 is 1.92 bits per heavy atom. The molecule has 25 heavy (non-hydrogen) atoms. The van der Waals surface area contributed by atoms with Crippen LogP contribution in [-0.2, 0) is 6.42 Å². The fraction of sp³-hybridized carbons (Fsp3) is 0.190. The molecule has 0 spiro atoms. The van der Waals surface area contributed by atoms with Crippen LogP contribution < -0.4 is 5.32 Å². The molecule has 3 rings (SSSR count). The summed E-state index contributed by atoms with van der Waals surface area (Å²) in [4.78, 5) is 15.5. The van der Waals surface area contributed by atoms with Crippen molar-refractivity contribution in [1.82, 2.24) is 10.3 Å². The Balaban J connectivity index is 1.74. The molecule has 3 nitrogen and oxygen atoms in total. The quantitative estimate of drug-likeness (QED) is 0.708. The Hall–Kier alpha value is -2.88. The normalized spacial score (nSPS) is 12.0. The predicted octanol–water partition coefficient (Wildman–Crippen LogP) is 4.49. The van der Waals surface area contributed by atoms with Gasteiger partial charge < -0.3 is 10.3 Å². The van der Waals surface area contributed by atoms with Gasteiger partial charge in [0.05, 0.1) is 5.56 Å². The largest absolute Gasteiger partial charge is 0.366 e. The summed E-state index contributed by atoms with van der Waals surface area (Å²) in [7, 11) is 0. The summed E-state index contributed by atoms with van der Waals surface area (Å²) in [5, 5.41) is 3.00.